The van der Waals surface area contributed by atoms with Crippen LogP contribution in [0.5, 0.6) is 0 Å². The van der Waals surface area contributed by atoms with Gasteiger partial charge in [-0.3, -0.25) is 4.79 Å². The van der Waals surface area contributed by atoms with E-state index in [0.717, 1.165) is 56.2 Å². The summed E-state index contributed by atoms with van der Waals surface area (Å²) in [5.41, 5.74) is 2.22. The lowest BCUT2D eigenvalue weighted by Crippen LogP contribution is -2.36. The van der Waals surface area contributed by atoms with Crippen LogP contribution in [0.4, 0.5) is 17.2 Å². The van der Waals surface area contributed by atoms with Crippen LogP contribution in [0.25, 0.3) is 0 Å². The first kappa shape index (κ1) is 18.7. The number of carbonyl (C=O) groups excluding carboxylic acids is 1. The molecule has 0 atom stereocenters. The quantitative estimate of drug-likeness (QED) is 0.878. The van der Waals surface area contributed by atoms with Crippen LogP contribution in [0.15, 0.2) is 30.3 Å². The number of piperidine rings is 1. The molecule has 3 heterocycles. The van der Waals surface area contributed by atoms with E-state index in [1.807, 2.05) is 37.3 Å². The Morgan fingerprint density at radius 2 is 1.75 bits per heavy atom. The molecule has 148 valence electrons. The topological polar surface area (TPSA) is 70.6 Å². The van der Waals surface area contributed by atoms with Crippen LogP contribution in [0.1, 0.15) is 35.6 Å². The summed E-state index contributed by atoms with van der Waals surface area (Å²) < 4.78 is 5.44. The predicted molar refractivity (Wildman–Crippen MR) is 110 cm³/mol. The Balaban J connectivity index is 1.55. The van der Waals surface area contributed by atoms with Crippen molar-refractivity contribution in [2.75, 3.05) is 54.5 Å². The summed E-state index contributed by atoms with van der Waals surface area (Å²) in [5, 5.41) is 3.05. The van der Waals surface area contributed by atoms with Gasteiger partial charge in [-0.1, -0.05) is 12.1 Å². The second-order valence-electron chi connectivity index (χ2n) is 7.28. The Hall–Kier alpha value is -2.67. The van der Waals surface area contributed by atoms with E-state index in [1.165, 1.54) is 6.42 Å². The number of aryl methyl sites for hydroxylation is 1. The highest BCUT2D eigenvalue weighted by atomic mass is 16.5. The summed E-state index contributed by atoms with van der Waals surface area (Å²) in [6.45, 7) is 6.84. The van der Waals surface area contributed by atoms with Crippen molar-refractivity contribution in [2.24, 2.45) is 0 Å². The molecule has 2 saturated heterocycles. The molecule has 0 spiro atoms. The van der Waals surface area contributed by atoms with Crippen molar-refractivity contribution in [3.05, 3.63) is 41.9 Å². The molecule has 0 radical (unpaired) electrons. The van der Waals surface area contributed by atoms with E-state index in [1.54, 1.807) is 0 Å². The number of nitrogens with one attached hydrogen (secondary N) is 1. The van der Waals surface area contributed by atoms with Crippen molar-refractivity contribution in [1.82, 2.24) is 9.97 Å². The first-order valence-electron chi connectivity index (χ1n) is 10.0. The van der Waals surface area contributed by atoms with Gasteiger partial charge in [-0.05, 0) is 38.3 Å². The summed E-state index contributed by atoms with van der Waals surface area (Å²) in [6, 6.07) is 9.70. The van der Waals surface area contributed by atoms with Gasteiger partial charge in [0.15, 0.2) is 0 Å². The van der Waals surface area contributed by atoms with Gasteiger partial charge in [0, 0.05) is 32.2 Å². The molecular weight excluding hydrogens is 354 g/mol. The minimum absolute atomic E-state index is 0.204. The molecule has 0 unspecified atom stereocenters. The van der Waals surface area contributed by atoms with Crippen LogP contribution in [0.2, 0.25) is 0 Å². The molecule has 2 aliphatic rings. The van der Waals surface area contributed by atoms with Crippen molar-refractivity contribution in [2.45, 2.75) is 26.2 Å². The predicted octanol–water partition coefficient (Wildman–Crippen LogP) is 2.86. The van der Waals surface area contributed by atoms with Gasteiger partial charge >= 0.3 is 0 Å². The average molecular weight is 381 g/mol. The van der Waals surface area contributed by atoms with Crippen LogP contribution in [0, 0.1) is 6.92 Å². The molecule has 1 aromatic heterocycles. The maximum Gasteiger partial charge on any atom is 0.274 e. The zero-order valence-corrected chi connectivity index (χ0v) is 16.4. The Morgan fingerprint density at radius 1 is 1.00 bits per heavy atom. The van der Waals surface area contributed by atoms with Crippen molar-refractivity contribution in [3.8, 4) is 0 Å². The highest BCUT2D eigenvalue weighted by molar-refractivity contribution is 6.05. The van der Waals surface area contributed by atoms with Gasteiger partial charge in [-0.2, -0.15) is 0 Å². The largest absolute Gasteiger partial charge is 0.378 e. The van der Waals surface area contributed by atoms with Crippen molar-refractivity contribution in [3.63, 3.8) is 0 Å². The molecule has 1 amide bonds. The third kappa shape index (κ3) is 4.25. The Kier molecular flexibility index (Phi) is 5.71. The molecule has 2 aliphatic heterocycles. The SMILES string of the molecule is Cc1nc(C(=O)Nc2ccccc2N2CCOCC2)cc(N2CCCCC2)n1. The lowest BCUT2D eigenvalue weighted by Gasteiger charge is -2.30. The average Bonchev–Trinajstić information content (AvgIpc) is 2.75. The number of benzene rings is 1. The van der Waals surface area contributed by atoms with E-state index in [-0.39, 0.29) is 5.91 Å². The maximum atomic E-state index is 13.0. The first-order valence-corrected chi connectivity index (χ1v) is 10.0. The highest BCUT2D eigenvalue weighted by Gasteiger charge is 2.19. The minimum atomic E-state index is -0.204. The number of nitrogens with zero attached hydrogens (tertiary/aromatic N) is 4. The number of anilines is 3. The molecule has 2 fully saturated rings. The fourth-order valence-electron chi connectivity index (χ4n) is 3.80. The molecule has 28 heavy (non-hydrogen) atoms. The minimum Gasteiger partial charge on any atom is -0.378 e. The summed E-state index contributed by atoms with van der Waals surface area (Å²) in [7, 11) is 0. The molecule has 2 aromatic rings. The van der Waals surface area contributed by atoms with Crippen LogP contribution < -0.4 is 15.1 Å². The second kappa shape index (κ2) is 8.56. The molecule has 1 N–H and O–H groups in total. The smallest absolute Gasteiger partial charge is 0.274 e. The van der Waals surface area contributed by atoms with Crippen LogP contribution in [0.3, 0.4) is 0 Å². The fourth-order valence-corrected chi connectivity index (χ4v) is 3.80. The van der Waals surface area contributed by atoms with Crippen molar-refractivity contribution < 1.29 is 9.53 Å². The number of hydrogen-bond donors (Lipinski definition) is 1. The fraction of sp³-hybridized carbons (Fsp3) is 0.476. The third-order valence-electron chi connectivity index (χ3n) is 5.24. The maximum absolute atomic E-state index is 13.0. The molecule has 0 bridgehead atoms. The summed E-state index contributed by atoms with van der Waals surface area (Å²) >= 11 is 0. The van der Waals surface area contributed by atoms with Crippen LogP contribution >= 0.6 is 0 Å². The van der Waals surface area contributed by atoms with E-state index >= 15 is 0 Å². The van der Waals surface area contributed by atoms with Crippen LogP contribution in [-0.2, 0) is 4.74 Å². The molecule has 7 nitrogen and oxygen atoms in total. The molecular formula is C21H27N5O2. The lowest BCUT2D eigenvalue weighted by molar-refractivity contribution is 0.102. The van der Waals surface area contributed by atoms with Gasteiger partial charge < -0.3 is 19.9 Å². The molecule has 1 aromatic carbocycles. The van der Waals surface area contributed by atoms with E-state index in [0.29, 0.717) is 24.7 Å². The molecule has 4 rings (SSSR count). The number of hydrogen-bond acceptors (Lipinski definition) is 6. The number of amides is 1. The summed E-state index contributed by atoms with van der Waals surface area (Å²) in [4.78, 5) is 26.4. The number of aromatic nitrogens is 2. The molecule has 0 aliphatic carbocycles. The van der Waals surface area contributed by atoms with Gasteiger partial charge in [-0.15, -0.1) is 0 Å². The standard InChI is InChI=1S/C21H27N5O2/c1-16-22-18(15-20(23-16)26-9-5-2-6-10-26)21(27)24-17-7-3-4-8-19(17)25-11-13-28-14-12-25/h3-4,7-8,15H,2,5-6,9-14H2,1H3,(H,24,27). The third-order valence-corrected chi connectivity index (χ3v) is 5.24. The summed E-state index contributed by atoms with van der Waals surface area (Å²) in [5.74, 6) is 1.26. The monoisotopic (exact) mass is 381 g/mol. The normalized spacial score (nSPS) is 17.5. The van der Waals surface area contributed by atoms with Crippen LogP contribution in [-0.4, -0.2) is 55.3 Å². The summed E-state index contributed by atoms with van der Waals surface area (Å²) in [6.07, 6.45) is 3.58. The Morgan fingerprint density at radius 3 is 2.54 bits per heavy atom. The Labute approximate surface area is 165 Å². The zero-order chi connectivity index (χ0) is 19.3. The van der Waals surface area contributed by atoms with E-state index in [2.05, 4.69) is 25.1 Å². The van der Waals surface area contributed by atoms with Gasteiger partial charge in [0.2, 0.25) is 0 Å². The van der Waals surface area contributed by atoms with E-state index in [4.69, 9.17) is 4.74 Å². The Bertz CT molecular complexity index is 829. The molecule has 0 saturated carbocycles. The van der Waals surface area contributed by atoms with Crippen molar-refractivity contribution in [1.29, 1.82) is 0 Å². The highest BCUT2D eigenvalue weighted by Crippen LogP contribution is 2.27. The number of para-hydroxylation sites is 2. The number of morpholine rings is 1. The first-order chi connectivity index (χ1) is 13.7. The van der Waals surface area contributed by atoms with E-state index in [9.17, 15) is 4.79 Å². The van der Waals surface area contributed by atoms with Gasteiger partial charge in [-0.25, -0.2) is 9.97 Å². The lowest BCUT2D eigenvalue weighted by atomic mass is 10.1. The van der Waals surface area contributed by atoms with Crippen molar-refractivity contribution >= 4 is 23.1 Å². The molecule has 7 heteroatoms. The van der Waals surface area contributed by atoms with Gasteiger partial charge in [0.25, 0.3) is 5.91 Å². The zero-order valence-electron chi connectivity index (χ0n) is 16.4. The van der Waals surface area contributed by atoms with E-state index < -0.39 is 0 Å². The second-order valence-corrected chi connectivity index (χ2v) is 7.28. The van der Waals surface area contributed by atoms with Gasteiger partial charge in [0.05, 0.1) is 24.6 Å². The number of rotatable bonds is 4. The number of carbonyl (C=O) groups is 1. The number of ether oxygens (including phenoxy) is 1. The van der Waals surface area contributed by atoms with Gasteiger partial charge in [0.1, 0.15) is 17.3 Å².